The third kappa shape index (κ3) is 11.7. The number of hydrogen-bond acceptors (Lipinski definition) is 8. The number of nitrogens with one attached hydrogen (secondary N) is 3. The summed E-state index contributed by atoms with van der Waals surface area (Å²) in [6.45, 7) is 4.16. The van der Waals surface area contributed by atoms with Gasteiger partial charge >= 0.3 is 5.97 Å². The summed E-state index contributed by atoms with van der Waals surface area (Å²) in [7, 11) is 0. The molecule has 0 fully saturated rings. The van der Waals surface area contributed by atoms with Crippen LogP contribution in [0.25, 0.3) is 0 Å². The topological polar surface area (TPSA) is 182 Å². The minimum absolute atomic E-state index is 0.134. The maximum absolute atomic E-state index is 11.9. The van der Waals surface area contributed by atoms with E-state index in [1.165, 1.54) is 20.8 Å². The molecule has 0 aromatic heterocycles. The molecule has 172 valence electrons. The molecule has 3 amide bonds. The molecule has 11 nitrogen and oxygen atoms in total. The van der Waals surface area contributed by atoms with Gasteiger partial charge in [-0.05, 0) is 6.42 Å². The van der Waals surface area contributed by atoms with Crippen LogP contribution in [0.3, 0.4) is 0 Å². The average Bonchev–Trinajstić information content (AvgIpc) is 2.67. The first-order valence-corrected chi connectivity index (χ1v) is 10.4. The number of aliphatic carboxylic acids is 1. The summed E-state index contributed by atoms with van der Waals surface area (Å²) in [4.78, 5) is 57.5. The molecule has 0 aromatic rings. The van der Waals surface area contributed by atoms with E-state index in [4.69, 9.17) is 5.11 Å². The van der Waals surface area contributed by atoms with Crippen LogP contribution in [-0.4, -0.2) is 81.7 Å². The van der Waals surface area contributed by atoms with Crippen molar-refractivity contribution in [2.24, 2.45) is 5.41 Å². The molecule has 0 spiro atoms. The highest BCUT2D eigenvalue weighted by Gasteiger charge is 2.32. The number of thioether (sulfide) groups is 1. The molecule has 0 saturated heterocycles. The summed E-state index contributed by atoms with van der Waals surface area (Å²) in [5.74, 6) is -3.05. The second kappa shape index (κ2) is 13.9. The Bertz CT molecular complexity index is 627. The third-order valence-corrected chi connectivity index (χ3v) is 5.05. The van der Waals surface area contributed by atoms with E-state index in [2.05, 4.69) is 16.0 Å². The number of carbonyl (C=O) groups is 5. The number of hydrogen-bond donors (Lipinski definition) is 6. The lowest BCUT2D eigenvalue weighted by molar-refractivity contribution is -0.141. The predicted molar refractivity (Wildman–Crippen MR) is 109 cm³/mol. The summed E-state index contributed by atoms with van der Waals surface area (Å²) in [6.07, 6.45) is -1.11. The lowest BCUT2D eigenvalue weighted by atomic mass is 9.87. The van der Waals surface area contributed by atoms with Crippen molar-refractivity contribution >= 4 is 40.6 Å². The monoisotopic (exact) mass is 449 g/mol. The van der Waals surface area contributed by atoms with Crippen molar-refractivity contribution in [2.75, 3.05) is 25.4 Å². The largest absolute Gasteiger partial charge is 0.480 e. The van der Waals surface area contributed by atoms with Gasteiger partial charge in [-0.3, -0.25) is 19.2 Å². The SMILES string of the molecule is CC(=O)NCCCC(=O)SC[C@H](NC(=O)CCNC(=O)[C@H](O)C(C)(C)CO)C(=O)O. The molecule has 0 radical (unpaired) electrons. The summed E-state index contributed by atoms with van der Waals surface area (Å²) in [5, 5.41) is 35.1. The van der Waals surface area contributed by atoms with E-state index in [1.807, 2.05) is 0 Å². The van der Waals surface area contributed by atoms with Gasteiger partial charge in [0.25, 0.3) is 0 Å². The van der Waals surface area contributed by atoms with E-state index in [0.717, 1.165) is 11.8 Å². The lowest BCUT2D eigenvalue weighted by Crippen LogP contribution is -2.47. The molecule has 6 N–H and O–H groups in total. The molecule has 0 aliphatic rings. The zero-order chi connectivity index (χ0) is 23.3. The zero-order valence-electron chi connectivity index (χ0n) is 17.4. The molecular weight excluding hydrogens is 418 g/mol. The molecule has 12 heteroatoms. The van der Waals surface area contributed by atoms with Crippen molar-refractivity contribution in [1.82, 2.24) is 16.0 Å². The Kier molecular flexibility index (Phi) is 12.9. The van der Waals surface area contributed by atoms with Crippen LogP contribution in [0, 0.1) is 5.41 Å². The molecule has 0 aliphatic heterocycles. The normalized spacial score (nSPS) is 13.1. The van der Waals surface area contributed by atoms with Gasteiger partial charge in [0.1, 0.15) is 12.1 Å². The van der Waals surface area contributed by atoms with Gasteiger partial charge in [0.15, 0.2) is 5.12 Å². The maximum atomic E-state index is 11.9. The first-order chi connectivity index (χ1) is 13.9. The number of carboxylic acids is 1. The van der Waals surface area contributed by atoms with E-state index >= 15 is 0 Å². The van der Waals surface area contributed by atoms with Crippen LogP contribution in [0.2, 0.25) is 0 Å². The average molecular weight is 450 g/mol. The summed E-state index contributed by atoms with van der Waals surface area (Å²) < 4.78 is 0. The molecule has 2 atom stereocenters. The second-order valence-corrected chi connectivity index (χ2v) is 8.40. The smallest absolute Gasteiger partial charge is 0.327 e. The van der Waals surface area contributed by atoms with Crippen LogP contribution in [0.1, 0.15) is 40.0 Å². The second-order valence-electron chi connectivity index (χ2n) is 7.32. The Hall–Kier alpha value is -2.18. The number of carboxylic acid groups (broad SMARTS) is 1. The molecule has 0 aromatic carbocycles. The number of carbonyl (C=O) groups excluding carboxylic acids is 4. The summed E-state index contributed by atoms with van der Waals surface area (Å²) in [6, 6.07) is -1.28. The predicted octanol–water partition coefficient (Wildman–Crippen LogP) is -1.38. The van der Waals surface area contributed by atoms with Crippen molar-refractivity contribution in [3.05, 3.63) is 0 Å². The van der Waals surface area contributed by atoms with Gasteiger partial charge in [-0.25, -0.2) is 4.79 Å². The number of amides is 3. The molecule has 30 heavy (non-hydrogen) atoms. The molecule has 0 aliphatic carbocycles. The van der Waals surface area contributed by atoms with Crippen molar-refractivity contribution in [3.63, 3.8) is 0 Å². The fourth-order valence-electron chi connectivity index (χ4n) is 2.02. The van der Waals surface area contributed by atoms with Crippen LogP contribution in [0.15, 0.2) is 0 Å². The number of aliphatic hydroxyl groups excluding tert-OH is 2. The minimum atomic E-state index is -1.47. The minimum Gasteiger partial charge on any atom is -0.480 e. The summed E-state index contributed by atoms with van der Waals surface area (Å²) >= 11 is 0.778. The van der Waals surface area contributed by atoms with Gasteiger partial charge in [0.2, 0.25) is 17.7 Å². The lowest BCUT2D eigenvalue weighted by Gasteiger charge is -2.27. The van der Waals surface area contributed by atoms with Gasteiger partial charge in [0, 0.05) is 44.0 Å². The molecule has 0 unspecified atom stereocenters. The fourth-order valence-corrected chi connectivity index (χ4v) is 2.89. The van der Waals surface area contributed by atoms with Crippen LogP contribution in [0.4, 0.5) is 0 Å². The van der Waals surface area contributed by atoms with Crippen LogP contribution in [0.5, 0.6) is 0 Å². The maximum Gasteiger partial charge on any atom is 0.327 e. The van der Waals surface area contributed by atoms with Gasteiger partial charge in [-0.15, -0.1) is 0 Å². The van der Waals surface area contributed by atoms with Crippen LogP contribution in [-0.2, 0) is 24.0 Å². The molecule has 0 bridgehead atoms. The van der Waals surface area contributed by atoms with Crippen LogP contribution >= 0.6 is 11.8 Å². The summed E-state index contributed by atoms with van der Waals surface area (Å²) in [5.41, 5.74) is -1.05. The van der Waals surface area contributed by atoms with E-state index in [9.17, 15) is 34.2 Å². The highest BCUT2D eigenvalue weighted by molar-refractivity contribution is 8.13. The highest BCUT2D eigenvalue weighted by atomic mass is 32.2. The standard InChI is InChI=1S/C18H31N3O8S/c1-11(23)19-7-4-5-14(25)30-9-12(17(28)29)21-13(24)6-8-20-16(27)15(26)18(2,3)10-22/h12,15,22,26H,4-10H2,1-3H3,(H,19,23)(H,20,27)(H,21,24)(H,28,29)/t12-,15-/m0/s1. The Morgan fingerprint density at radius 3 is 2.20 bits per heavy atom. The highest BCUT2D eigenvalue weighted by Crippen LogP contribution is 2.19. The van der Waals surface area contributed by atoms with Gasteiger partial charge in [-0.2, -0.15) is 0 Å². The van der Waals surface area contributed by atoms with E-state index in [1.54, 1.807) is 0 Å². The Morgan fingerprint density at radius 1 is 1.03 bits per heavy atom. The van der Waals surface area contributed by atoms with Crippen molar-refractivity contribution in [3.8, 4) is 0 Å². The van der Waals surface area contributed by atoms with Gasteiger partial charge < -0.3 is 31.3 Å². The molecule has 0 saturated carbocycles. The molecule has 0 rings (SSSR count). The Balaban J connectivity index is 4.31. The number of aliphatic hydroxyl groups is 2. The van der Waals surface area contributed by atoms with Crippen LogP contribution < -0.4 is 16.0 Å². The van der Waals surface area contributed by atoms with Gasteiger partial charge in [0.05, 0.1) is 6.61 Å². The van der Waals surface area contributed by atoms with Crippen molar-refractivity contribution in [2.45, 2.75) is 52.2 Å². The van der Waals surface area contributed by atoms with E-state index in [0.29, 0.717) is 13.0 Å². The molecular formula is C18H31N3O8S. The first kappa shape index (κ1) is 27.8. The Labute approximate surface area is 179 Å². The first-order valence-electron chi connectivity index (χ1n) is 9.39. The fraction of sp³-hybridized carbons (Fsp3) is 0.722. The van der Waals surface area contributed by atoms with E-state index < -0.39 is 42.0 Å². The quantitative estimate of drug-likeness (QED) is 0.174. The van der Waals surface area contributed by atoms with Gasteiger partial charge in [-0.1, -0.05) is 25.6 Å². The van der Waals surface area contributed by atoms with Crippen molar-refractivity contribution in [1.29, 1.82) is 0 Å². The molecule has 0 heterocycles. The van der Waals surface area contributed by atoms with Crippen molar-refractivity contribution < 1.29 is 39.3 Å². The third-order valence-electron chi connectivity index (χ3n) is 4.02. The van der Waals surface area contributed by atoms with E-state index in [-0.39, 0.29) is 36.2 Å². The number of rotatable bonds is 14. The Morgan fingerprint density at radius 2 is 1.67 bits per heavy atom. The zero-order valence-corrected chi connectivity index (χ0v) is 18.2.